The molecule has 0 spiro atoms. The smallest absolute Gasteiger partial charge is 0.334 e. The second kappa shape index (κ2) is 14.1. The third-order valence-corrected chi connectivity index (χ3v) is 6.43. The zero-order valence-electron chi connectivity index (χ0n) is 20.9. The Bertz CT molecular complexity index is 1040. The molecule has 0 aliphatic heterocycles. The van der Waals surface area contributed by atoms with Gasteiger partial charge in [-0.2, -0.15) is 23.6 Å². The molecule has 5 nitrogen and oxygen atoms in total. The van der Waals surface area contributed by atoms with Crippen LogP contribution in [-0.2, 0) is 19.0 Å². The summed E-state index contributed by atoms with van der Waals surface area (Å²) in [6, 6.07) is 11.7. The summed E-state index contributed by atoms with van der Waals surface area (Å²) in [4.78, 5) is 4.48. The van der Waals surface area contributed by atoms with Crippen molar-refractivity contribution in [1.82, 2.24) is 15.6 Å². The Hall–Kier alpha value is -2.71. The number of aryl methyl sites for hydroxylation is 1. The van der Waals surface area contributed by atoms with Gasteiger partial charge in [0.05, 0.1) is 11.6 Å². The minimum atomic E-state index is -4.45. The summed E-state index contributed by atoms with van der Waals surface area (Å²) in [6.45, 7) is 2.23. The third-order valence-electron chi connectivity index (χ3n) is 6.43. The summed E-state index contributed by atoms with van der Waals surface area (Å²) in [6.07, 6.45) is 7.56. The first-order chi connectivity index (χ1) is 17.4. The van der Waals surface area contributed by atoms with Gasteiger partial charge in [0, 0.05) is 12.0 Å². The highest BCUT2D eigenvalue weighted by molar-refractivity contribution is 5.53. The predicted molar refractivity (Wildman–Crippen MR) is 133 cm³/mol. The van der Waals surface area contributed by atoms with Gasteiger partial charge >= 0.3 is 6.18 Å². The molecule has 0 amide bonds. The number of rotatable bonds is 15. The minimum Gasteiger partial charge on any atom is -0.334 e. The van der Waals surface area contributed by atoms with Gasteiger partial charge in [0.25, 0.3) is 5.89 Å². The molecule has 3 aromatic rings. The molecule has 1 heterocycles. The lowest BCUT2D eigenvalue weighted by molar-refractivity contribution is -0.138. The number of nitrogens with one attached hydrogen (secondary N) is 1. The molecule has 2 aromatic carbocycles. The van der Waals surface area contributed by atoms with Gasteiger partial charge in [0.15, 0.2) is 5.82 Å². The van der Waals surface area contributed by atoms with Gasteiger partial charge in [-0.25, -0.2) is 0 Å². The summed E-state index contributed by atoms with van der Waals surface area (Å²) in [5.41, 5.74) is 2.91. The maximum atomic E-state index is 13.3. The number of hydrogen-bond donors (Lipinski definition) is 2. The Labute approximate surface area is 211 Å². The highest BCUT2D eigenvalue weighted by Crippen LogP contribution is 2.34. The molecule has 0 bridgehead atoms. The standard InChI is InChI=1S/C28H36F3N3O2/c1-2-3-4-5-6-7-8-9-10-15-26-32-27(36-34-26)22-18-16-21(17-19-22)25(33-35)20-23-13-11-12-14-24(23)28(29,30)31/h11-14,16-19,25,33,35H,2-10,15,20H2,1H3. The van der Waals surface area contributed by atoms with Crippen molar-refractivity contribution in [2.45, 2.75) is 89.8 Å². The van der Waals surface area contributed by atoms with Crippen molar-refractivity contribution in [2.24, 2.45) is 0 Å². The van der Waals surface area contributed by atoms with E-state index in [1.54, 1.807) is 30.3 Å². The SMILES string of the molecule is CCCCCCCCCCCc1noc(-c2ccc(C(Cc3ccccc3C(F)(F)F)NO)cc2)n1. The van der Waals surface area contributed by atoms with Gasteiger partial charge in [0.2, 0.25) is 0 Å². The number of halogens is 3. The summed E-state index contributed by atoms with van der Waals surface area (Å²) >= 11 is 0. The monoisotopic (exact) mass is 503 g/mol. The van der Waals surface area contributed by atoms with Crippen molar-refractivity contribution in [1.29, 1.82) is 0 Å². The average molecular weight is 504 g/mol. The molecule has 0 radical (unpaired) electrons. The van der Waals surface area contributed by atoms with E-state index in [4.69, 9.17) is 4.52 Å². The molecule has 0 saturated heterocycles. The fraction of sp³-hybridized carbons (Fsp3) is 0.500. The highest BCUT2D eigenvalue weighted by Gasteiger charge is 2.33. The normalized spacial score (nSPS) is 12.7. The zero-order chi connectivity index (χ0) is 25.8. The summed E-state index contributed by atoms with van der Waals surface area (Å²) in [7, 11) is 0. The topological polar surface area (TPSA) is 71.2 Å². The van der Waals surface area contributed by atoms with Gasteiger partial charge in [-0.3, -0.25) is 0 Å². The molecule has 196 valence electrons. The Balaban J connectivity index is 1.51. The van der Waals surface area contributed by atoms with Crippen molar-refractivity contribution in [2.75, 3.05) is 0 Å². The van der Waals surface area contributed by atoms with E-state index in [9.17, 15) is 18.4 Å². The number of aromatic nitrogens is 2. The quantitative estimate of drug-likeness (QED) is 0.162. The number of unbranched alkanes of at least 4 members (excludes halogenated alkanes) is 8. The first-order valence-electron chi connectivity index (χ1n) is 12.9. The predicted octanol–water partition coefficient (Wildman–Crippen LogP) is 8.09. The molecule has 1 atom stereocenters. The Morgan fingerprint density at radius 3 is 2.17 bits per heavy atom. The van der Waals surface area contributed by atoms with Crippen LogP contribution in [-0.4, -0.2) is 15.3 Å². The van der Waals surface area contributed by atoms with Crippen LogP contribution in [0.5, 0.6) is 0 Å². The van der Waals surface area contributed by atoms with E-state index < -0.39 is 17.8 Å². The minimum absolute atomic E-state index is 0.0189. The number of hydrogen-bond acceptors (Lipinski definition) is 5. The molecule has 36 heavy (non-hydrogen) atoms. The number of benzene rings is 2. The van der Waals surface area contributed by atoms with Gasteiger partial charge in [-0.15, -0.1) is 0 Å². The van der Waals surface area contributed by atoms with Crippen LogP contribution in [0.15, 0.2) is 53.1 Å². The van der Waals surface area contributed by atoms with Crippen molar-refractivity contribution >= 4 is 0 Å². The van der Waals surface area contributed by atoms with Crippen molar-refractivity contribution < 1.29 is 22.9 Å². The lowest BCUT2D eigenvalue weighted by Gasteiger charge is -2.19. The Kier molecular flexibility index (Phi) is 10.9. The van der Waals surface area contributed by atoms with E-state index in [2.05, 4.69) is 22.5 Å². The van der Waals surface area contributed by atoms with E-state index >= 15 is 0 Å². The largest absolute Gasteiger partial charge is 0.416 e. The van der Waals surface area contributed by atoms with E-state index in [1.165, 1.54) is 57.1 Å². The molecular weight excluding hydrogens is 467 g/mol. The van der Waals surface area contributed by atoms with Gasteiger partial charge < -0.3 is 9.73 Å². The fourth-order valence-corrected chi connectivity index (χ4v) is 4.36. The van der Waals surface area contributed by atoms with Crippen molar-refractivity contribution in [3.05, 3.63) is 71.0 Å². The first kappa shape index (κ1) is 27.9. The van der Waals surface area contributed by atoms with Gasteiger partial charge in [-0.05, 0) is 42.2 Å². The van der Waals surface area contributed by atoms with Crippen LogP contribution in [0.4, 0.5) is 13.2 Å². The maximum Gasteiger partial charge on any atom is 0.416 e. The molecule has 0 aliphatic rings. The van der Waals surface area contributed by atoms with Crippen LogP contribution in [0.25, 0.3) is 11.5 Å². The van der Waals surface area contributed by atoms with Gasteiger partial charge in [0.1, 0.15) is 0 Å². The molecule has 8 heteroatoms. The fourth-order valence-electron chi connectivity index (χ4n) is 4.36. The summed E-state index contributed by atoms with van der Waals surface area (Å²) in [5, 5.41) is 13.7. The first-order valence-corrected chi connectivity index (χ1v) is 12.9. The third kappa shape index (κ3) is 8.45. The zero-order valence-corrected chi connectivity index (χ0v) is 20.9. The van der Waals surface area contributed by atoms with Crippen molar-refractivity contribution in [3.8, 4) is 11.5 Å². The van der Waals surface area contributed by atoms with Crippen LogP contribution < -0.4 is 5.48 Å². The second-order valence-electron chi connectivity index (χ2n) is 9.26. The van der Waals surface area contributed by atoms with Crippen LogP contribution in [0.3, 0.4) is 0 Å². The number of nitrogens with zero attached hydrogens (tertiary/aromatic N) is 2. The number of alkyl halides is 3. The van der Waals surface area contributed by atoms with Crippen molar-refractivity contribution in [3.63, 3.8) is 0 Å². The second-order valence-corrected chi connectivity index (χ2v) is 9.26. The maximum absolute atomic E-state index is 13.3. The van der Waals surface area contributed by atoms with E-state index in [0.29, 0.717) is 17.3 Å². The Morgan fingerprint density at radius 2 is 1.53 bits per heavy atom. The highest BCUT2D eigenvalue weighted by atomic mass is 19.4. The van der Waals surface area contributed by atoms with Crippen LogP contribution >= 0.6 is 0 Å². The summed E-state index contributed by atoms with van der Waals surface area (Å²) < 4.78 is 45.4. The lowest BCUT2D eigenvalue weighted by Crippen LogP contribution is -2.21. The Morgan fingerprint density at radius 1 is 0.889 bits per heavy atom. The molecule has 0 aliphatic carbocycles. The number of hydroxylamine groups is 1. The van der Waals surface area contributed by atoms with E-state index in [0.717, 1.165) is 30.9 Å². The molecule has 1 unspecified atom stereocenters. The molecule has 2 N–H and O–H groups in total. The molecule has 1 aromatic heterocycles. The molecule has 0 saturated carbocycles. The van der Waals surface area contributed by atoms with Crippen LogP contribution in [0.2, 0.25) is 0 Å². The van der Waals surface area contributed by atoms with E-state index in [1.807, 2.05) is 0 Å². The lowest BCUT2D eigenvalue weighted by atomic mass is 9.95. The molecule has 0 fully saturated rings. The van der Waals surface area contributed by atoms with Crippen LogP contribution in [0.1, 0.15) is 93.3 Å². The molecular formula is C28H36F3N3O2. The van der Waals surface area contributed by atoms with E-state index in [-0.39, 0.29) is 12.0 Å². The van der Waals surface area contributed by atoms with Crippen LogP contribution in [0, 0.1) is 0 Å². The van der Waals surface area contributed by atoms with Gasteiger partial charge in [-0.1, -0.05) is 93.8 Å². The average Bonchev–Trinajstić information content (AvgIpc) is 3.35. The molecule has 3 rings (SSSR count). The summed E-state index contributed by atoms with van der Waals surface area (Å²) in [5.74, 6) is 1.08.